The van der Waals surface area contributed by atoms with Gasteiger partial charge in [-0.2, -0.15) is 0 Å². The van der Waals surface area contributed by atoms with Gasteiger partial charge in [0, 0.05) is 93.0 Å². The molecular formula is C55H70N8O9. The van der Waals surface area contributed by atoms with Gasteiger partial charge in [0.15, 0.2) is 0 Å². The van der Waals surface area contributed by atoms with Gasteiger partial charge >= 0.3 is 5.97 Å². The molecule has 4 heterocycles. The minimum atomic E-state index is -1.06. The van der Waals surface area contributed by atoms with Gasteiger partial charge in [-0.25, -0.2) is 5.43 Å². The third kappa shape index (κ3) is 11.9. The lowest BCUT2D eigenvalue weighted by Crippen LogP contribution is -2.62. The maximum Gasteiger partial charge on any atom is 0.324 e. The summed E-state index contributed by atoms with van der Waals surface area (Å²) in [5, 5.41) is 8.65. The number of benzene rings is 3. The van der Waals surface area contributed by atoms with Crippen LogP contribution < -0.4 is 30.3 Å². The lowest BCUT2D eigenvalue weighted by Gasteiger charge is -2.36. The van der Waals surface area contributed by atoms with Crippen LogP contribution in [0.25, 0.3) is 33.3 Å². The molecule has 3 aromatic carbocycles. The topological polar surface area (TPSA) is 187 Å². The fourth-order valence-electron chi connectivity index (χ4n) is 9.85. The van der Waals surface area contributed by atoms with Gasteiger partial charge in [-0.05, 0) is 78.1 Å². The third-order valence-corrected chi connectivity index (χ3v) is 13.4. The summed E-state index contributed by atoms with van der Waals surface area (Å²) >= 11 is 0. The van der Waals surface area contributed by atoms with Crippen molar-refractivity contribution in [2.24, 2.45) is 16.3 Å². The van der Waals surface area contributed by atoms with Crippen LogP contribution in [0.4, 0.5) is 5.69 Å². The van der Waals surface area contributed by atoms with E-state index in [1.165, 1.54) is 30.5 Å². The molecule has 2 aliphatic rings. The number of carbonyl (C=O) groups excluding carboxylic acids is 4. The molecule has 0 spiro atoms. The molecule has 1 fully saturated rings. The number of ether oxygens (including phenoxy) is 5. The number of fused-ring (bicyclic) bond motifs is 6. The van der Waals surface area contributed by atoms with E-state index in [1.54, 1.807) is 39.6 Å². The van der Waals surface area contributed by atoms with Crippen LogP contribution in [0.15, 0.2) is 78.0 Å². The number of carbonyl (C=O) groups is 4. The first-order valence-electron chi connectivity index (χ1n) is 24.6. The number of anilines is 1. The van der Waals surface area contributed by atoms with Gasteiger partial charge in [0.1, 0.15) is 41.1 Å². The highest BCUT2D eigenvalue weighted by Crippen LogP contribution is 2.42. The van der Waals surface area contributed by atoms with Gasteiger partial charge in [0.05, 0.1) is 46.6 Å². The molecule has 6 bridgehead atoms. The third-order valence-electron chi connectivity index (χ3n) is 13.4. The summed E-state index contributed by atoms with van der Waals surface area (Å²) in [6, 6.07) is 17.2. The van der Waals surface area contributed by atoms with Gasteiger partial charge in [-0.3, -0.25) is 34.2 Å². The Morgan fingerprint density at radius 1 is 1.01 bits per heavy atom. The van der Waals surface area contributed by atoms with Crippen molar-refractivity contribution in [2.45, 2.75) is 98.0 Å². The highest BCUT2D eigenvalue weighted by atomic mass is 16.5. The summed E-state index contributed by atoms with van der Waals surface area (Å²) in [7, 11) is 7.90. The molecule has 5 aromatic rings. The predicted octanol–water partition coefficient (Wildman–Crippen LogP) is 7.22. The zero-order valence-corrected chi connectivity index (χ0v) is 43.3. The fraction of sp³-hybridized carbons (Fsp3) is 0.455. The van der Waals surface area contributed by atoms with Crippen LogP contribution in [-0.4, -0.2) is 123 Å². The second-order valence-electron chi connectivity index (χ2n) is 19.5. The normalized spacial score (nSPS) is 17.6. The molecule has 2 aromatic heterocycles. The Hall–Kier alpha value is -6.98. The van der Waals surface area contributed by atoms with E-state index < -0.39 is 41.3 Å². The average Bonchev–Trinajstić information content (AvgIpc) is 3.68. The summed E-state index contributed by atoms with van der Waals surface area (Å²) in [6.07, 6.45) is 6.90. The van der Waals surface area contributed by atoms with Crippen molar-refractivity contribution in [1.29, 1.82) is 0 Å². The second kappa shape index (κ2) is 23.5. The second-order valence-corrected chi connectivity index (χ2v) is 19.5. The highest BCUT2D eigenvalue weighted by Gasteiger charge is 2.37. The number of pyridine rings is 1. The number of hydrogen-bond donors (Lipinski definition) is 3. The molecule has 3 amide bonds. The van der Waals surface area contributed by atoms with E-state index in [0.29, 0.717) is 61.9 Å². The van der Waals surface area contributed by atoms with Crippen LogP contribution in [0.1, 0.15) is 70.6 Å². The van der Waals surface area contributed by atoms with E-state index in [-0.39, 0.29) is 37.8 Å². The SMILES string of the molecule is CCn1c(-c2cnccc2COC)c2c3cc(ccc31)-c1cccc(c1)C[C@H](NC(=O)[C@H](C(C)C)N(C)C(=O)CCN=CNc1c(OC)cc(OC)cc1OC)C(=O)N1CCC[C@H](N1)C(=O)OCC(C)(C)C2. The first-order valence-corrected chi connectivity index (χ1v) is 24.6. The molecule has 1 saturated heterocycles. The van der Waals surface area contributed by atoms with Crippen LogP contribution in [-0.2, 0) is 54.6 Å². The number of hydrogen-bond acceptors (Lipinski definition) is 12. The van der Waals surface area contributed by atoms with Crippen LogP contribution in [0.3, 0.4) is 0 Å². The lowest BCUT2D eigenvalue weighted by atomic mass is 9.84. The fourth-order valence-corrected chi connectivity index (χ4v) is 9.85. The maximum atomic E-state index is 14.7. The molecule has 17 heteroatoms. The van der Waals surface area contributed by atoms with Crippen LogP contribution >= 0.6 is 0 Å². The number of hydrazine groups is 1. The Labute approximate surface area is 422 Å². The van der Waals surface area contributed by atoms with Crippen LogP contribution in [0.2, 0.25) is 0 Å². The molecule has 0 saturated carbocycles. The van der Waals surface area contributed by atoms with Crippen molar-refractivity contribution < 1.29 is 42.9 Å². The van der Waals surface area contributed by atoms with Gasteiger partial charge in [0.25, 0.3) is 5.91 Å². The van der Waals surface area contributed by atoms with Crippen molar-refractivity contribution in [3.63, 3.8) is 0 Å². The van der Waals surface area contributed by atoms with E-state index in [2.05, 4.69) is 81.7 Å². The predicted molar refractivity (Wildman–Crippen MR) is 278 cm³/mol. The molecule has 0 unspecified atom stereocenters. The number of cyclic esters (lactones) is 1. The molecule has 384 valence electrons. The Morgan fingerprint density at radius 3 is 2.46 bits per heavy atom. The minimum Gasteiger partial charge on any atom is -0.496 e. The molecule has 0 radical (unpaired) electrons. The van der Waals surface area contributed by atoms with Gasteiger partial charge < -0.3 is 43.8 Å². The molecule has 72 heavy (non-hydrogen) atoms. The quantitative estimate of drug-likeness (QED) is 0.0513. The zero-order valence-electron chi connectivity index (χ0n) is 43.3. The zero-order chi connectivity index (χ0) is 51.7. The number of esters is 1. The molecule has 0 aliphatic carbocycles. The minimum absolute atomic E-state index is 0.0136. The summed E-state index contributed by atoms with van der Waals surface area (Å²) in [5.74, 6) is -0.439. The maximum absolute atomic E-state index is 14.7. The Bertz CT molecular complexity index is 2760. The summed E-state index contributed by atoms with van der Waals surface area (Å²) in [4.78, 5) is 67.4. The van der Waals surface area contributed by atoms with E-state index in [4.69, 9.17) is 23.7 Å². The number of amides is 3. The van der Waals surface area contributed by atoms with E-state index in [0.717, 1.165) is 50.0 Å². The Morgan fingerprint density at radius 2 is 1.76 bits per heavy atom. The number of nitrogens with one attached hydrogen (secondary N) is 3. The van der Waals surface area contributed by atoms with Crippen molar-refractivity contribution in [3.8, 4) is 39.6 Å². The van der Waals surface area contributed by atoms with E-state index in [1.807, 2.05) is 38.2 Å². The van der Waals surface area contributed by atoms with Crippen molar-refractivity contribution in [3.05, 3.63) is 89.7 Å². The number of likely N-dealkylation sites (N-methyl/N-ethyl adjacent to an activating group) is 1. The number of nitrogens with zero attached hydrogens (tertiary/aromatic N) is 5. The molecule has 3 N–H and O–H groups in total. The first-order chi connectivity index (χ1) is 34.6. The monoisotopic (exact) mass is 987 g/mol. The number of rotatable bonds is 16. The number of aliphatic imine (C=N–C) groups is 1. The lowest BCUT2D eigenvalue weighted by molar-refractivity contribution is -0.155. The summed E-state index contributed by atoms with van der Waals surface area (Å²) in [6.45, 7) is 11.8. The Kier molecular flexibility index (Phi) is 17.2. The Balaban J connectivity index is 1.18. The first kappa shape index (κ1) is 52.8. The van der Waals surface area contributed by atoms with E-state index in [9.17, 15) is 19.2 Å². The highest BCUT2D eigenvalue weighted by molar-refractivity contribution is 5.96. The number of aryl methyl sites for hydroxylation is 1. The molecular weight excluding hydrogens is 917 g/mol. The molecule has 2 aliphatic heterocycles. The van der Waals surface area contributed by atoms with E-state index >= 15 is 0 Å². The average molecular weight is 987 g/mol. The molecule has 7 rings (SSSR count). The van der Waals surface area contributed by atoms with Crippen molar-refractivity contribution in [2.75, 3.05) is 60.5 Å². The molecule has 3 atom stereocenters. The van der Waals surface area contributed by atoms with Crippen LogP contribution in [0.5, 0.6) is 17.2 Å². The van der Waals surface area contributed by atoms with Crippen LogP contribution in [0, 0.1) is 11.3 Å². The number of methoxy groups -OCH3 is 4. The summed E-state index contributed by atoms with van der Waals surface area (Å²) < 4.78 is 30.4. The number of aromatic nitrogens is 2. The van der Waals surface area contributed by atoms with Gasteiger partial charge in [-0.15, -0.1) is 0 Å². The standard InChI is InChI=1S/C55H70N8O9/c1-11-62-45-18-17-37-26-40(45)41(51(62)42-30-56-21-19-38(42)31-68-7)29-55(4,5)32-72-54(67)43-16-13-23-63(60-43)53(66)44(25-35-14-12-15-36(37)24-35)59-52(65)50(34(2)3)61(6)48(64)20-22-57-33-58-49-46(70-9)27-39(69-8)28-47(49)71-10/h12,14-15,17-19,21,24,26-28,30,33-34,43-44,50,60H,11,13,16,20,22-23,25,29,31-32H2,1-10H3,(H,57,58)(H,59,65)/t43-,44-,50-/m0/s1. The largest absolute Gasteiger partial charge is 0.496 e. The van der Waals surface area contributed by atoms with Gasteiger partial charge in [0.2, 0.25) is 11.8 Å². The van der Waals surface area contributed by atoms with Gasteiger partial charge in [-0.1, -0.05) is 58.0 Å². The van der Waals surface area contributed by atoms with Crippen molar-refractivity contribution in [1.82, 2.24) is 30.2 Å². The summed E-state index contributed by atoms with van der Waals surface area (Å²) in [5.41, 5.74) is 11.2. The van der Waals surface area contributed by atoms with Crippen molar-refractivity contribution >= 4 is 46.6 Å². The molecule has 17 nitrogen and oxygen atoms in total. The smallest absolute Gasteiger partial charge is 0.324 e.